The second-order valence-corrected chi connectivity index (χ2v) is 7.59. The van der Waals surface area contributed by atoms with Gasteiger partial charge in [0.25, 0.3) is 0 Å². The molecule has 0 aliphatic heterocycles. The van der Waals surface area contributed by atoms with E-state index in [1.165, 1.54) is 36.0 Å². The number of nitrogens with one attached hydrogen (secondary N) is 1. The van der Waals surface area contributed by atoms with Crippen LogP contribution in [0.25, 0.3) is 0 Å². The quantitative estimate of drug-likeness (QED) is 0.537. The second kappa shape index (κ2) is 11.6. The third-order valence-corrected chi connectivity index (χ3v) is 4.91. The number of hydrogen-bond acceptors (Lipinski definition) is 2. The van der Waals surface area contributed by atoms with Crippen molar-refractivity contribution in [1.82, 2.24) is 0 Å². The molecule has 2 nitrogen and oxygen atoms in total. The molecule has 27 heavy (non-hydrogen) atoms. The highest BCUT2D eigenvalue weighted by atomic mass is 15.0. The van der Waals surface area contributed by atoms with Crippen molar-refractivity contribution in [3.05, 3.63) is 77.5 Å². The van der Waals surface area contributed by atoms with Gasteiger partial charge in [0.15, 0.2) is 0 Å². The molecular weight excluding hydrogens is 328 g/mol. The molecule has 0 saturated heterocycles. The third kappa shape index (κ3) is 8.45. The summed E-state index contributed by atoms with van der Waals surface area (Å²) in [7, 11) is 0. The van der Waals surface area contributed by atoms with Gasteiger partial charge in [-0.05, 0) is 49.9 Å². The largest absolute Gasteiger partial charge is 0.358 e. The van der Waals surface area contributed by atoms with E-state index in [0.717, 1.165) is 24.2 Å². The summed E-state index contributed by atoms with van der Waals surface area (Å²) in [6.07, 6.45) is 5.88. The van der Waals surface area contributed by atoms with Gasteiger partial charge in [-0.15, -0.1) is 0 Å². The molecule has 0 radical (unpaired) electrons. The fourth-order valence-electron chi connectivity index (χ4n) is 2.53. The lowest BCUT2D eigenvalue weighted by atomic mass is 9.96. The van der Waals surface area contributed by atoms with Crippen molar-refractivity contribution in [2.75, 3.05) is 5.32 Å². The number of aryl methyl sites for hydroxylation is 1. The summed E-state index contributed by atoms with van der Waals surface area (Å²) in [5, 5.41) is 3.31. The Labute approximate surface area is 166 Å². The molecule has 0 aliphatic rings. The first-order chi connectivity index (χ1) is 12.8. The molecule has 0 saturated carbocycles. The first-order valence-electron chi connectivity index (χ1n) is 10.2. The molecule has 2 heteroatoms. The summed E-state index contributed by atoms with van der Waals surface area (Å²) in [6, 6.07) is 17.1. The molecule has 0 bridgehead atoms. The minimum atomic E-state index is -0.388. The molecule has 0 fully saturated rings. The van der Waals surface area contributed by atoms with Crippen molar-refractivity contribution in [1.29, 1.82) is 0 Å². The van der Waals surface area contributed by atoms with Gasteiger partial charge >= 0.3 is 0 Å². The Kier molecular flexibility index (Phi) is 9.88. The average molecular weight is 367 g/mol. The van der Waals surface area contributed by atoms with Crippen LogP contribution in [-0.4, -0.2) is 5.54 Å². The van der Waals surface area contributed by atoms with Crippen LogP contribution in [0.4, 0.5) is 5.69 Å². The summed E-state index contributed by atoms with van der Waals surface area (Å²) in [5.41, 5.74) is 11.6. The monoisotopic (exact) mass is 366 g/mol. The molecular formula is C25H38N2. The highest BCUT2D eigenvalue weighted by Crippen LogP contribution is 2.20. The van der Waals surface area contributed by atoms with E-state index in [1.807, 2.05) is 6.92 Å². The summed E-state index contributed by atoms with van der Waals surface area (Å²) in [4.78, 5) is 0. The van der Waals surface area contributed by atoms with E-state index < -0.39 is 0 Å². The maximum absolute atomic E-state index is 6.19. The zero-order valence-electron chi connectivity index (χ0n) is 17.9. The van der Waals surface area contributed by atoms with Crippen molar-refractivity contribution in [3.8, 4) is 0 Å². The van der Waals surface area contributed by atoms with Gasteiger partial charge in [-0.3, -0.25) is 0 Å². The molecule has 0 aromatic heterocycles. The summed E-state index contributed by atoms with van der Waals surface area (Å²) < 4.78 is 0. The first-order valence-corrected chi connectivity index (χ1v) is 10.2. The minimum absolute atomic E-state index is 0.388. The van der Waals surface area contributed by atoms with E-state index in [1.54, 1.807) is 0 Å². The van der Waals surface area contributed by atoms with Gasteiger partial charge in [0, 0.05) is 11.4 Å². The molecule has 2 aromatic carbocycles. The number of anilines is 1. The standard InChI is InChI=1S/C20H26N2.C5H12/c1-5-20(4,21)16(3)22-19-12-10-18(11-13-19)14-17-8-6-15(2)7-9-17;1-3-5-4-2/h6-13,22H,3,5,14,21H2,1-2,4H3;3-5H2,1-2H3/t20-;/m0./s1. The molecule has 0 amide bonds. The fraction of sp³-hybridized carbons (Fsp3) is 0.440. The predicted molar refractivity (Wildman–Crippen MR) is 121 cm³/mol. The topological polar surface area (TPSA) is 38.0 Å². The van der Waals surface area contributed by atoms with Gasteiger partial charge in [-0.2, -0.15) is 0 Å². The van der Waals surface area contributed by atoms with Gasteiger partial charge < -0.3 is 11.1 Å². The lowest BCUT2D eigenvalue weighted by Gasteiger charge is -2.26. The molecule has 0 unspecified atom stereocenters. The average Bonchev–Trinajstić information content (AvgIpc) is 2.66. The number of rotatable bonds is 8. The van der Waals surface area contributed by atoms with Crippen LogP contribution >= 0.6 is 0 Å². The van der Waals surface area contributed by atoms with E-state index in [9.17, 15) is 0 Å². The Morgan fingerprint density at radius 3 is 1.81 bits per heavy atom. The molecule has 148 valence electrons. The van der Waals surface area contributed by atoms with E-state index >= 15 is 0 Å². The predicted octanol–water partition coefficient (Wildman–Crippen LogP) is 6.84. The zero-order chi connectivity index (χ0) is 20.3. The Hall–Kier alpha value is -2.06. The Morgan fingerprint density at radius 1 is 0.926 bits per heavy atom. The molecule has 2 rings (SSSR count). The van der Waals surface area contributed by atoms with Crippen LogP contribution in [0.15, 0.2) is 60.8 Å². The van der Waals surface area contributed by atoms with Crippen molar-refractivity contribution in [2.24, 2.45) is 5.73 Å². The minimum Gasteiger partial charge on any atom is -0.358 e. The third-order valence-electron chi connectivity index (χ3n) is 4.91. The van der Waals surface area contributed by atoms with Gasteiger partial charge in [-0.25, -0.2) is 0 Å². The normalized spacial score (nSPS) is 12.5. The smallest absolute Gasteiger partial charge is 0.0524 e. The molecule has 1 atom stereocenters. The van der Waals surface area contributed by atoms with Crippen LogP contribution in [0, 0.1) is 6.92 Å². The molecule has 3 N–H and O–H groups in total. The Morgan fingerprint density at radius 2 is 1.41 bits per heavy atom. The maximum Gasteiger partial charge on any atom is 0.0524 e. The van der Waals surface area contributed by atoms with E-state index in [2.05, 4.69) is 88.1 Å². The van der Waals surface area contributed by atoms with Crippen LogP contribution in [0.3, 0.4) is 0 Å². The number of nitrogens with two attached hydrogens (primary N) is 1. The molecule has 0 heterocycles. The summed E-state index contributed by atoms with van der Waals surface area (Å²) in [6.45, 7) is 14.6. The SMILES string of the molecule is C=C(Nc1ccc(Cc2ccc(C)cc2)cc1)[C@@](C)(N)CC.CCCCC. The van der Waals surface area contributed by atoms with Gasteiger partial charge in [0.05, 0.1) is 5.54 Å². The van der Waals surface area contributed by atoms with Crippen molar-refractivity contribution in [2.45, 2.75) is 72.3 Å². The van der Waals surface area contributed by atoms with Crippen molar-refractivity contribution < 1.29 is 0 Å². The number of hydrogen-bond donors (Lipinski definition) is 2. The second-order valence-electron chi connectivity index (χ2n) is 7.59. The summed E-state index contributed by atoms with van der Waals surface area (Å²) >= 11 is 0. The van der Waals surface area contributed by atoms with E-state index in [4.69, 9.17) is 5.73 Å². The van der Waals surface area contributed by atoms with Crippen LogP contribution < -0.4 is 11.1 Å². The summed E-state index contributed by atoms with van der Waals surface area (Å²) in [5.74, 6) is 0. The van der Waals surface area contributed by atoms with E-state index in [-0.39, 0.29) is 5.54 Å². The lowest BCUT2D eigenvalue weighted by molar-refractivity contribution is 0.535. The zero-order valence-corrected chi connectivity index (χ0v) is 17.9. The first kappa shape index (κ1) is 23.0. The maximum atomic E-state index is 6.19. The van der Waals surface area contributed by atoms with E-state index in [0.29, 0.717) is 0 Å². The van der Waals surface area contributed by atoms with Crippen LogP contribution in [0.2, 0.25) is 0 Å². The van der Waals surface area contributed by atoms with Crippen molar-refractivity contribution in [3.63, 3.8) is 0 Å². The van der Waals surface area contributed by atoms with Crippen LogP contribution in [0.5, 0.6) is 0 Å². The lowest BCUT2D eigenvalue weighted by Crippen LogP contribution is -2.39. The number of benzene rings is 2. The highest BCUT2D eigenvalue weighted by molar-refractivity contribution is 5.51. The van der Waals surface area contributed by atoms with Gasteiger partial charge in [0.2, 0.25) is 0 Å². The molecule has 0 aliphatic carbocycles. The van der Waals surface area contributed by atoms with Gasteiger partial charge in [-0.1, -0.05) is 88.6 Å². The number of unbranched alkanes of at least 4 members (excludes halogenated alkanes) is 2. The van der Waals surface area contributed by atoms with Gasteiger partial charge in [0.1, 0.15) is 0 Å². The Balaban J connectivity index is 0.000000646. The van der Waals surface area contributed by atoms with Crippen LogP contribution in [-0.2, 0) is 6.42 Å². The molecule has 0 spiro atoms. The molecule has 2 aromatic rings. The van der Waals surface area contributed by atoms with Crippen molar-refractivity contribution >= 4 is 5.69 Å². The fourth-order valence-corrected chi connectivity index (χ4v) is 2.53. The highest BCUT2D eigenvalue weighted by Gasteiger charge is 2.19. The Bertz CT molecular complexity index is 664. The van der Waals surface area contributed by atoms with Crippen LogP contribution in [0.1, 0.15) is 70.1 Å².